The summed E-state index contributed by atoms with van der Waals surface area (Å²) >= 11 is 0. The zero-order chi connectivity index (χ0) is 11.4. The topological polar surface area (TPSA) is 74.6 Å². The quantitative estimate of drug-likeness (QED) is 0.447. The second kappa shape index (κ2) is 4.41. The lowest BCUT2D eigenvalue weighted by Gasteiger charge is -2.00. The van der Waals surface area contributed by atoms with E-state index in [0.717, 1.165) is 11.6 Å². The number of hydrogen-bond donors (Lipinski definition) is 2. The molecule has 1 aromatic rings. The van der Waals surface area contributed by atoms with Crippen LogP contribution < -0.4 is 0 Å². The van der Waals surface area contributed by atoms with Gasteiger partial charge in [0.2, 0.25) is 0 Å². The molecule has 2 N–H and O–H groups in total. The van der Waals surface area contributed by atoms with Crippen molar-refractivity contribution in [3.05, 3.63) is 41.0 Å². The molecule has 78 valence electrons. The van der Waals surface area contributed by atoms with Crippen LogP contribution in [0.1, 0.15) is 11.1 Å². The molecule has 1 aromatic carbocycles. The molecule has 0 aliphatic rings. The van der Waals surface area contributed by atoms with E-state index in [4.69, 9.17) is 10.2 Å². The first kappa shape index (κ1) is 11.0. The summed E-state index contributed by atoms with van der Waals surface area (Å²) in [6, 6.07) is 6.97. The summed E-state index contributed by atoms with van der Waals surface area (Å²) in [5, 5.41) is 17.3. The van der Waals surface area contributed by atoms with Crippen LogP contribution in [0, 0.1) is 6.92 Å². The van der Waals surface area contributed by atoms with Gasteiger partial charge in [0.05, 0.1) is 0 Å². The van der Waals surface area contributed by atoms with Gasteiger partial charge in [-0.15, -0.1) is 0 Å². The molecule has 0 saturated carbocycles. The Hall–Kier alpha value is -2.10. The lowest BCUT2D eigenvalue weighted by atomic mass is 10.1. The molecule has 0 aliphatic carbocycles. The van der Waals surface area contributed by atoms with Gasteiger partial charge in [0, 0.05) is 0 Å². The van der Waals surface area contributed by atoms with Gasteiger partial charge in [-0.2, -0.15) is 0 Å². The summed E-state index contributed by atoms with van der Waals surface area (Å²) < 4.78 is 0. The smallest absolute Gasteiger partial charge is 0.343 e. The predicted octanol–water partition coefficient (Wildman–Crippen LogP) is 1.55. The molecule has 0 heterocycles. The van der Waals surface area contributed by atoms with Crippen molar-refractivity contribution in [1.82, 2.24) is 0 Å². The second-order valence-electron chi connectivity index (χ2n) is 3.02. The predicted molar refractivity (Wildman–Crippen MR) is 54.4 cm³/mol. The first-order valence-corrected chi connectivity index (χ1v) is 4.26. The zero-order valence-electron chi connectivity index (χ0n) is 8.10. The number of hydrogen-bond acceptors (Lipinski definition) is 2. The van der Waals surface area contributed by atoms with Crippen LogP contribution in [0.15, 0.2) is 29.8 Å². The summed E-state index contributed by atoms with van der Waals surface area (Å²) in [7, 11) is 0. The van der Waals surface area contributed by atoms with Crippen molar-refractivity contribution in [3.63, 3.8) is 0 Å². The normalized spacial score (nSPS) is 9.40. The third kappa shape index (κ3) is 2.67. The maximum absolute atomic E-state index is 10.6. The molecule has 0 atom stereocenters. The standard InChI is InChI=1S/C11H10O4/c1-7-4-2-3-5-8(7)6-9(10(12)13)11(14)15/h2-6H,1H3,(H,12,13)(H,14,15). The maximum atomic E-state index is 10.6. The highest BCUT2D eigenvalue weighted by atomic mass is 16.4. The average molecular weight is 206 g/mol. The largest absolute Gasteiger partial charge is 0.477 e. The van der Waals surface area contributed by atoms with Crippen LogP contribution in [0.5, 0.6) is 0 Å². The van der Waals surface area contributed by atoms with Gasteiger partial charge in [-0.05, 0) is 24.1 Å². The molecule has 4 heteroatoms. The Bertz CT molecular complexity index is 416. The minimum absolute atomic E-state index is 0.595. The molecule has 0 radical (unpaired) electrons. The third-order valence-corrected chi connectivity index (χ3v) is 1.95. The van der Waals surface area contributed by atoms with E-state index in [0.29, 0.717) is 5.56 Å². The van der Waals surface area contributed by atoms with Crippen LogP contribution in [-0.4, -0.2) is 22.2 Å². The van der Waals surface area contributed by atoms with E-state index >= 15 is 0 Å². The highest BCUT2D eigenvalue weighted by Crippen LogP contribution is 2.12. The van der Waals surface area contributed by atoms with Gasteiger partial charge < -0.3 is 10.2 Å². The van der Waals surface area contributed by atoms with Gasteiger partial charge in [-0.3, -0.25) is 0 Å². The van der Waals surface area contributed by atoms with E-state index in [9.17, 15) is 9.59 Å². The maximum Gasteiger partial charge on any atom is 0.343 e. The van der Waals surface area contributed by atoms with E-state index in [-0.39, 0.29) is 0 Å². The van der Waals surface area contributed by atoms with Crippen LogP contribution in [0.2, 0.25) is 0 Å². The molecular formula is C11H10O4. The van der Waals surface area contributed by atoms with Crippen molar-refractivity contribution in [3.8, 4) is 0 Å². The van der Waals surface area contributed by atoms with Gasteiger partial charge >= 0.3 is 11.9 Å². The Morgan fingerprint density at radius 1 is 1.13 bits per heavy atom. The van der Waals surface area contributed by atoms with Gasteiger partial charge in [-0.25, -0.2) is 9.59 Å². The highest BCUT2D eigenvalue weighted by Gasteiger charge is 2.15. The lowest BCUT2D eigenvalue weighted by molar-refractivity contribution is -0.139. The molecule has 0 amide bonds. The monoisotopic (exact) mass is 206 g/mol. The Morgan fingerprint density at radius 3 is 2.13 bits per heavy atom. The van der Waals surface area contributed by atoms with E-state index in [1.165, 1.54) is 0 Å². The molecule has 15 heavy (non-hydrogen) atoms. The summed E-state index contributed by atoms with van der Waals surface area (Å²) in [6.07, 6.45) is 1.15. The van der Waals surface area contributed by atoms with Crippen LogP contribution in [0.4, 0.5) is 0 Å². The van der Waals surface area contributed by atoms with E-state index < -0.39 is 17.5 Å². The Labute approximate surface area is 86.5 Å². The molecule has 0 bridgehead atoms. The minimum Gasteiger partial charge on any atom is -0.477 e. The van der Waals surface area contributed by atoms with Crippen LogP contribution in [0.3, 0.4) is 0 Å². The summed E-state index contributed by atoms with van der Waals surface area (Å²) in [6.45, 7) is 1.78. The van der Waals surface area contributed by atoms with E-state index in [1.54, 1.807) is 31.2 Å². The fourth-order valence-electron chi connectivity index (χ4n) is 1.12. The number of carboxylic acids is 2. The van der Waals surface area contributed by atoms with Crippen LogP contribution >= 0.6 is 0 Å². The van der Waals surface area contributed by atoms with Crippen molar-refractivity contribution in [2.75, 3.05) is 0 Å². The lowest BCUT2D eigenvalue weighted by Crippen LogP contribution is -2.10. The number of aliphatic carboxylic acids is 2. The van der Waals surface area contributed by atoms with Crippen molar-refractivity contribution >= 4 is 18.0 Å². The Morgan fingerprint density at radius 2 is 1.67 bits per heavy atom. The number of benzene rings is 1. The van der Waals surface area contributed by atoms with Gasteiger partial charge in [0.15, 0.2) is 0 Å². The molecule has 0 fully saturated rings. The van der Waals surface area contributed by atoms with Crippen molar-refractivity contribution in [2.45, 2.75) is 6.92 Å². The first-order chi connectivity index (χ1) is 7.02. The highest BCUT2D eigenvalue weighted by molar-refractivity contribution is 6.16. The molecule has 0 aromatic heterocycles. The zero-order valence-corrected chi connectivity index (χ0v) is 8.10. The van der Waals surface area contributed by atoms with Crippen molar-refractivity contribution in [2.24, 2.45) is 0 Å². The van der Waals surface area contributed by atoms with E-state index in [2.05, 4.69) is 0 Å². The Balaban J connectivity index is 3.19. The second-order valence-corrected chi connectivity index (χ2v) is 3.02. The SMILES string of the molecule is Cc1ccccc1C=C(C(=O)O)C(=O)O. The molecule has 0 spiro atoms. The van der Waals surface area contributed by atoms with Crippen LogP contribution in [-0.2, 0) is 9.59 Å². The Kier molecular flexibility index (Phi) is 3.23. The van der Waals surface area contributed by atoms with Gasteiger partial charge in [0.25, 0.3) is 0 Å². The molecule has 0 aliphatic heterocycles. The summed E-state index contributed by atoms with van der Waals surface area (Å²) in [5.41, 5.74) is 0.791. The van der Waals surface area contributed by atoms with Crippen molar-refractivity contribution < 1.29 is 19.8 Å². The molecule has 4 nitrogen and oxygen atoms in total. The minimum atomic E-state index is -1.44. The van der Waals surface area contributed by atoms with Gasteiger partial charge in [0.1, 0.15) is 5.57 Å². The first-order valence-electron chi connectivity index (χ1n) is 4.26. The van der Waals surface area contributed by atoms with E-state index in [1.807, 2.05) is 0 Å². The molecule has 0 saturated heterocycles. The average Bonchev–Trinajstić information content (AvgIpc) is 2.15. The van der Waals surface area contributed by atoms with Crippen molar-refractivity contribution in [1.29, 1.82) is 0 Å². The fourth-order valence-corrected chi connectivity index (χ4v) is 1.12. The van der Waals surface area contributed by atoms with Gasteiger partial charge in [-0.1, -0.05) is 24.3 Å². The van der Waals surface area contributed by atoms with Crippen LogP contribution in [0.25, 0.3) is 6.08 Å². The fraction of sp³-hybridized carbons (Fsp3) is 0.0909. The molecule has 1 rings (SSSR count). The summed E-state index contributed by atoms with van der Waals surface area (Å²) in [4.78, 5) is 21.2. The number of carbonyl (C=O) groups is 2. The molecular weight excluding hydrogens is 196 g/mol. The summed E-state index contributed by atoms with van der Waals surface area (Å²) in [5.74, 6) is -2.88. The molecule has 0 unspecified atom stereocenters. The number of carboxylic acid groups (broad SMARTS) is 2. The number of aryl methyl sites for hydroxylation is 1. The third-order valence-electron chi connectivity index (χ3n) is 1.95. The number of rotatable bonds is 3.